The van der Waals surface area contributed by atoms with Crippen LogP contribution < -0.4 is 5.32 Å². The zero-order valence-corrected chi connectivity index (χ0v) is 21.2. The van der Waals surface area contributed by atoms with Gasteiger partial charge < -0.3 is 24.8 Å². The number of esters is 1. The molecule has 186 valence electrons. The topological polar surface area (TPSA) is 105 Å². The van der Waals surface area contributed by atoms with Crippen molar-refractivity contribution < 1.29 is 29.0 Å². The van der Waals surface area contributed by atoms with Crippen molar-refractivity contribution in [1.29, 1.82) is 0 Å². The van der Waals surface area contributed by atoms with Crippen molar-refractivity contribution in [2.24, 2.45) is 11.8 Å². The number of likely N-dealkylation sites (tertiary alicyclic amines) is 1. The van der Waals surface area contributed by atoms with E-state index < -0.39 is 41.6 Å². The van der Waals surface area contributed by atoms with Crippen LogP contribution in [-0.2, 0) is 30.3 Å². The second-order valence-electron chi connectivity index (χ2n) is 9.33. The van der Waals surface area contributed by atoms with Gasteiger partial charge in [-0.3, -0.25) is 14.4 Å². The van der Waals surface area contributed by atoms with Gasteiger partial charge in [0.05, 0.1) is 37.2 Å². The lowest BCUT2D eigenvalue weighted by molar-refractivity contribution is -0.155. The van der Waals surface area contributed by atoms with Crippen LogP contribution in [0.25, 0.3) is 0 Å². The molecule has 3 saturated heterocycles. The average molecular weight is 537 g/mol. The molecule has 0 saturated carbocycles. The number of ether oxygens (including phenoxy) is 2. The molecule has 0 aliphatic carbocycles. The van der Waals surface area contributed by atoms with Crippen LogP contribution >= 0.6 is 15.9 Å². The van der Waals surface area contributed by atoms with Gasteiger partial charge in [-0.05, 0) is 31.7 Å². The number of nitrogens with zero attached hydrogens (tertiary/aromatic N) is 1. The molecule has 34 heavy (non-hydrogen) atoms. The first-order valence-corrected chi connectivity index (χ1v) is 13.0. The Hall–Kier alpha value is -1.97. The highest BCUT2D eigenvalue weighted by Crippen LogP contribution is 2.60. The Balaban J connectivity index is 1.73. The molecule has 2 bridgehead atoms. The number of hydrogen-bond donors (Lipinski definition) is 2. The molecule has 9 heteroatoms. The predicted octanol–water partition coefficient (Wildman–Crippen LogP) is 1.82. The summed E-state index contributed by atoms with van der Waals surface area (Å²) in [5.74, 6) is -2.73. The minimum atomic E-state index is -1.15. The van der Waals surface area contributed by atoms with Crippen LogP contribution in [0.1, 0.15) is 38.7 Å². The molecular formula is C25H33BrN2O6. The molecule has 3 fully saturated rings. The standard InChI is InChI=1S/C25H33BrN2O6/c1-3-5-11-27-22(30)21-25-13-17(26)20(34-25)18(24(32)33-4-2)19(25)23(31)28(21)16(14-29)12-15-9-7-6-8-10-15/h6-10,16-21,29H,3-5,11-14H2,1-2H3,(H,27,30)/t16-,17?,18+,19-,20+,21+,25-/m1/s1. The predicted molar refractivity (Wildman–Crippen MR) is 128 cm³/mol. The number of fused-ring (bicyclic) bond motifs is 1. The maximum atomic E-state index is 14.0. The fourth-order valence-electron chi connectivity index (χ4n) is 5.89. The molecule has 2 N–H and O–H groups in total. The fourth-order valence-corrected chi connectivity index (χ4v) is 6.83. The van der Waals surface area contributed by atoms with Gasteiger partial charge in [0.1, 0.15) is 11.6 Å². The van der Waals surface area contributed by atoms with Gasteiger partial charge in [0.15, 0.2) is 0 Å². The smallest absolute Gasteiger partial charge is 0.312 e. The lowest BCUT2D eigenvalue weighted by Crippen LogP contribution is -2.58. The number of unbranched alkanes of at least 4 members (excludes halogenated alkanes) is 1. The summed E-state index contributed by atoms with van der Waals surface area (Å²) >= 11 is 3.63. The van der Waals surface area contributed by atoms with Crippen LogP contribution in [0.5, 0.6) is 0 Å². The summed E-state index contributed by atoms with van der Waals surface area (Å²) in [5, 5.41) is 13.3. The Morgan fingerprint density at radius 3 is 2.71 bits per heavy atom. The highest BCUT2D eigenvalue weighted by Gasteiger charge is 2.77. The molecule has 8 nitrogen and oxygen atoms in total. The van der Waals surface area contributed by atoms with Crippen molar-refractivity contribution in [1.82, 2.24) is 10.2 Å². The van der Waals surface area contributed by atoms with Crippen molar-refractivity contribution in [2.75, 3.05) is 19.8 Å². The molecule has 3 aliphatic heterocycles. The SMILES string of the molecule is CCCCNC(=O)[C@@H]1N([C@@H](CO)Cc2ccccc2)C(=O)[C@H]2[C@H](C(=O)OCC)[C@H]3O[C@@]12CC3Br. The summed E-state index contributed by atoms with van der Waals surface area (Å²) in [6.45, 7) is 4.13. The van der Waals surface area contributed by atoms with Crippen LogP contribution in [0.15, 0.2) is 30.3 Å². The number of halogens is 1. The Kier molecular flexibility index (Phi) is 7.64. The Morgan fingerprint density at radius 2 is 2.06 bits per heavy atom. The first kappa shape index (κ1) is 25.1. The zero-order chi connectivity index (χ0) is 24.5. The third-order valence-electron chi connectivity index (χ3n) is 7.28. The molecular weight excluding hydrogens is 504 g/mol. The van der Waals surface area contributed by atoms with E-state index in [0.29, 0.717) is 19.4 Å². The van der Waals surface area contributed by atoms with Crippen LogP contribution in [0.3, 0.4) is 0 Å². The maximum Gasteiger partial charge on any atom is 0.312 e. The molecule has 0 aromatic heterocycles. The van der Waals surface area contributed by atoms with E-state index >= 15 is 0 Å². The quantitative estimate of drug-likeness (QED) is 0.268. The lowest BCUT2D eigenvalue weighted by atomic mass is 9.70. The Morgan fingerprint density at radius 1 is 1.32 bits per heavy atom. The number of aliphatic hydroxyl groups is 1. The van der Waals surface area contributed by atoms with Crippen LogP contribution in [0, 0.1) is 11.8 Å². The lowest BCUT2D eigenvalue weighted by Gasteiger charge is -2.37. The summed E-state index contributed by atoms with van der Waals surface area (Å²) in [4.78, 5) is 41.8. The number of benzene rings is 1. The molecule has 4 rings (SSSR count). The fraction of sp³-hybridized carbons (Fsp3) is 0.640. The second kappa shape index (κ2) is 10.3. The van der Waals surface area contributed by atoms with Gasteiger partial charge in [-0.25, -0.2) is 0 Å². The van der Waals surface area contributed by atoms with Gasteiger partial charge in [0.2, 0.25) is 11.8 Å². The summed E-state index contributed by atoms with van der Waals surface area (Å²) < 4.78 is 11.7. The van der Waals surface area contributed by atoms with Crippen molar-refractivity contribution in [2.45, 2.75) is 68.1 Å². The van der Waals surface area contributed by atoms with Crippen LogP contribution in [-0.4, -0.2) is 76.2 Å². The average Bonchev–Trinajstić information content (AvgIpc) is 3.42. The highest BCUT2D eigenvalue weighted by atomic mass is 79.9. The number of aliphatic hydroxyl groups excluding tert-OH is 1. The number of nitrogens with one attached hydrogen (secondary N) is 1. The second-order valence-corrected chi connectivity index (χ2v) is 10.5. The van der Waals surface area contributed by atoms with Crippen LogP contribution in [0.2, 0.25) is 0 Å². The first-order valence-electron chi connectivity index (χ1n) is 12.1. The highest BCUT2D eigenvalue weighted by molar-refractivity contribution is 9.09. The van der Waals surface area contributed by atoms with Gasteiger partial charge in [-0.2, -0.15) is 0 Å². The Labute approximate surface area is 208 Å². The summed E-state index contributed by atoms with van der Waals surface area (Å²) in [7, 11) is 0. The number of carbonyl (C=O) groups excluding carboxylic acids is 3. The molecule has 3 heterocycles. The molecule has 7 atom stereocenters. The monoisotopic (exact) mass is 536 g/mol. The minimum Gasteiger partial charge on any atom is -0.466 e. The molecule has 1 spiro atoms. The van der Waals surface area contributed by atoms with E-state index in [0.717, 1.165) is 18.4 Å². The van der Waals surface area contributed by atoms with Gasteiger partial charge in [0.25, 0.3) is 0 Å². The summed E-state index contributed by atoms with van der Waals surface area (Å²) in [6, 6.07) is 7.98. The van der Waals surface area contributed by atoms with E-state index in [1.54, 1.807) is 6.92 Å². The minimum absolute atomic E-state index is 0.182. The van der Waals surface area contributed by atoms with E-state index in [-0.39, 0.29) is 29.9 Å². The van der Waals surface area contributed by atoms with E-state index in [9.17, 15) is 19.5 Å². The summed E-state index contributed by atoms with van der Waals surface area (Å²) in [5.41, 5.74) is -0.201. The molecule has 1 aromatic carbocycles. The normalized spacial score (nSPS) is 32.5. The largest absolute Gasteiger partial charge is 0.466 e. The van der Waals surface area contributed by atoms with E-state index in [4.69, 9.17) is 9.47 Å². The number of alkyl halides is 1. The molecule has 0 radical (unpaired) electrons. The Bertz CT molecular complexity index is 914. The number of rotatable bonds is 10. The number of amides is 2. The maximum absolute atomic E-state index is 14.0. The van der Waals surface area contributed by atoms with E-state index in [2.05, 4.69) is 21.2 Å². The van der Waals surface area contributed by atoms with Crippen molar-refractivity contribution in [3.63, 3.8) is 0 Å². The molecule has 1 unspecified atom stereocenters. The molecule has 1 aromatic rings. The summed E-state index contributed by atoms with van der Waals surface area (Å²) in [6.07, 6.45) is 2.00. The first-order chi connectivity index (χ1) is 16.4. The van der Waals surface area contributed by atoms with Crippen molar-refractivity contribution in [3.8, 4) is 0 Å². The zero-order valence-electron chi connectivity index (χ0n) is 19.6. The molecule has 3 aliphatic rings. The number of carbonyl (C=O) groups is 3. The van der Waals surface area contributed by atoms with Gasteiger partial charge in [0, 0.05) is 11.4 Å². The van der Waals surface area contributed by atoms with E-state index in [1.165, 1.54) is 4.90 Å². The number of hydrogen-bond acceptors (Lipinski definition) is 6. The third-order valence-corrected chi connectivity index (χ3v) is 8.13. The molecule has 2 amide bonds. The van der Waals surface area contributed by atoms with E-state index in [1.807, 2.05) is 37.3 Å². The third kappa shape index (κ3) is 4.16. The van der Waals surface area contributed by atoms with Crippen molar-refractivity contribution in [3.05, 3.63) is 35.9 Å². The van der Waals surface area contributed by atoms with Gasteiger partial charge >= 0.3 is 5.97 Å². The van der Waals surface area contributed by atoms with Gasteiger partial charge in [-0.15, -0.1) is 0 Å². The van der Waals surface area contributed by atoms with Gasteiger partial charge in [-0.1, -0.05) is 59.6 Å². The van der Waals surface area contributed by atoms with Crippen molar-refractivity contribution >= 4 is 33.7 Å². The van der Waals surface area contributed by atoms with Crippen LogP contribution in [0.4, 0.5) is 0 Å².